The van der Waals surface area contributed by atoms with Crippen molar-refractivity contribution in [2.45, 2.75) is 6.92 Å². The number of hydrogen-bond acceptors (Lipinski definition) is 8. The number of nitrogens with one attached hydrogen (secondary N) is 1. The molecular formula is C25H22N7O3S-. The van der Waals surface area contributed by atoms with Crippen LogP contribution < -0.4 is 10.1 Å². The Morgan fingerprint density at radius 2 is 1.94 bits per heavy atom. The van der Waals surface area contributed by atoms with Gasteiger partial charge in [0.1, 0.15) is 23.3 Å². The van der Waals surface area contributed by atoms with Crippen LogP contribution in [0.15, 0.2) is 67.4 Å². The average Bonchev–Trinajstić information content (AvgIpc) is 3.24. The number of pyridine rings is 1. The van der Waals surface area contributed by atoms with Crippen LogP contribution in [0.2, 0.25) is 0 Å². The first-order valence-corrected chi connectivity index (χ1v) is 12.0. The summed E-state index contributed by atoms with van der Waals surface area (Å²) in [6.07, 6.45) is 6.26. The van der Waals surface area contributed by atoms with Gasteiger partial charge in [0.05, 0.1) is 28.6 Å². The van der Waals surface area contributed by atoms with Crippen molar-refractivity contribution >= 4 is 50.9 Å². The second kappa shape index (κ2) is 9.72. The van der Waals surface area contributed by atoms with E-state index in [1.54, 1.807) is 18.5 Å². The van der Waals surface area contributed by atoms with Crippen LogP contribution in [-0.4, -0.2) is 44.6 Å². The van der Waals surface area contributed by atoms with Crippen LogP contribution in [0.25, 0.3) is 28.1 Å². The third-order valence-corrected chi connectivity index (χ3v) is 6.15. The highest BCUT2D eigenvalue weighted by Crippen LogP contribution is 2.30. The molecule has 1 N–H and O–H groups in total. The van der Waals surface area contributed by atoms with Crippen molar-refractivity contribution in [2.24, 2.45) is 7.05 Å². The molecule has 2 aromatic carbocycles. The van der Waals surface area contributed by atoms with E-state index in [2.05, 4.69) is 25.3 Å². The van der Waals surface area contributed by atoms with Gasteiger partial charge in [0.2, 0.25) is 0 Å². The molecule has 0 saturated carbocycles. The first-order chi connectivity index (χ1) is 17.4. The van der Waals surface area contributed by atoms with Crippen molar-refractivity contribution in [3.05, 3.63) is 78.6 Å². The Kier molecular flexibility index (Phi) is 6.32. The minimum Gasteiger partial charge on any atom is -0.755 e. The lowest BCUT2D eigenvalue weighted by molar-refractivity contribution is 0.479. The molecule has 0 fully saturated rings. The monoisotopic (exact) mass is 500 g/mol. The molecule has 0 aliphatic rings. The fourth-order valence-electron chi connectivity index (χ4n) is 3.66. The summed E-state index contributed by atoms with van der Waals surface area (Å²) in [7, 11) is 3.39. The molecule has 5 aromatic rings. The van der Waals surface area contributed by atoms with Gasteiger partial charge in [0.25, 0.3) is 0 Å². The summed E-state index contributed by atoms with van der Waals surface area (Å²) in [5, 5.41) is 3.30. The van der Waals surface area contributed by atoms with E-state index in [1.165, 1.54) is 19.6 Å². The number of imidazole rings is 1. The van der Waals surface area contributed by atoms with E-state index in [4.69, 9.17) is 4.74 Å². The van der Waals surface area contributed by atoms with E-state index in [9.17, 15) is 8.76 Å². The van der Waals surface area contributed by atoms with Gasteiger partial charge in [-0.3, -0.25) is 4.21 Å². The molecule has 0 bridgehead atoms. The number of aromatic nitrogens is 5. The number of anilines is 2. The van der Waals surface area contributed by atoms with Crippen LogP contribution >= 0.6 is 0 Å². The molecular weight excluding hydrogens is 478 g/mol. The van der Waals surface area contributed by atoms with Crippen molar-refractivity contribution in [3.8, 4) is 11.5 Å². The summed E-state index contributed by atoms with van der Waals surface area (Å²) in [4.78, 5) is 17.6. The molecule has 10 nitrogen and oxygen atoms in total. The predicted octanol–water partition coefficient (Wildman–Crippen LogP) is 4.45. The second-order valence-electron chi connectivity index (χ2n) is 8.12. The number of benzene rings is 2. The minimum absolute atomic E-state index is 0.532. The SMILES string of the molecule is Cc1cc(Nc2ncnc3ccc(C=CN(C)S(=O)[O-])nc23)ccc1Oc1ccc2c(c1)ncn2C. The average molecular weight is 501 g/mol. The van der Waals surface area contributed by atoms with Gasteiger partial charge in [-0.15, -0.1) is 0 Å². The Hall–Kier alpha value is -4.35. The highest BCUT2D eigenvalue weighted by Gasteiger charge is 2.10. The number of rotatable bonds is 7. The van der Waals surface area contributed by atoms with E-state index in [1.807, 2.05) is 61.0 Å². The molecule has 0 radical (unpaired) electrons. The zero-order valence-corrected chi connectivity index (χ0v) is 20.6. The van der Waals surface area contributed by atoms with Gasteiger partial charge in [-0.1, -0.05) is 0 Å². The van der Waals surface area contributed by atoms with Gasteiger partial charge in [-0.25, -0.2) is 19.9 Å². The third-order valence-electron chi connectivity index (χ3n) is 5.56. The lowest BCUT2D eigenvalue weighted by Crippen LogP contribution is -2.12. The molecule has 1 atom stereocenters. The standard InChI is InChI=1S/C25H23N7O3S/c1-16-12-18(5-9-23(16)35-19-6-8-22-21(13-19)28-15-31(22)2)30-25-24-20(26-14-27-25)7-4-17(29-24)10-11-32(3)36(33)34/h4-15H,1-3H3,(H,33,34)(H,26,27,30)/p-1. The maximum atomic E-state index is 11.0. The van der Waals surface area contributed by atoms with Crippen LogP contribution in [0.4, 0.5) is 11.5 Å². The maximum Gasteiger partial charge on any atom is 0.160 e. The third kappa shape index (κ3) is 4.88. The van der Waals surface area contributed by atoms with Crippen LogP contribution in [0.5, 0.6) is 11.5 Å². The molecule has 36 heavy (non-hydrogen) atoms. The molecule has 3 heterocycles. The second-order valence-corrected chi connectivity index (χ2v) is 9.13. The normalized spacial score (nSPS) is 12.3. The van der Waals surface area contributed by atoms with Gasteiger partial charge in [0.15, 0.2) is 5.82 Å². The van der Waals surface area contributed by atoms with Crippen molar-refractivity contribution in [3.63, 3.8) is 0 Å². The van der Waals surface area contributed by atoms with Crippen molar-refractivity contribution in [2.75, 3.05) is 12.4 Å². The fraction of sp³-hybridized carbons (Fsp3) is 0.120. The first-order valence-electron chi connectivity index (χ1n) is 11.0. The molecule has 0 amide bonds. The molecule has 0 aliphatic heterocycles. The minimum atomic E-state index is -2.35. The van der Waals surface area contributed by atoms with E-state index < -0.39 is 11.3 Å². The quantitative estimate of drug-likeness (QED) is 0.325. The number of aryl methyl sites for hydroxylation is 2. The lowest BCUT2D eigenvalue weighted by atomic mass is 10.2. The number of ether oxygens (including phenoxy) is 1. The topological polar surface area (TPSA) is 121 Å². The fourth-order valence-corrected chi connectivity index (χ4v) is 3.82. The Bertz CT molecular complexity index is 1630. The molecule has 0 aliphatic carbocycles. The van der Waals surface area contributed by atoms with E-state index >= 15 is 0 Å². The smallest absolute Gasteiger partial charge is 0.160 e. The van der Waals surface area contributed by atoms with Crippen LogP contribution in [-0.2, 0) is 18.3 Å². The zero-order valence-electron chi connectivity index (χ0n) is 19.7. The van der Waals surface area contributed by atoms with E-state index in [0.29, 0.717) is 28.3 Å². The number of fused-ring (bicyclic) bond motifs is 2. The largest absolute Gasteiger partial charge is 0.755 e. The van der Waals surface area contributed by atoms with Crippen molar-refractivity contribution in [1.82, 2.24) is 28.8 Å². The number of hydrogen-bond donors (Lipinski definition) is 1. The summed E-state index contributed by atoms with van der Waals surface area (Å²) >= 11 is -2.35. The highest BCUT2D eigenvalue weighted by molar-refractivity contribution is 7.76. The Labute approximate surface area is 209 Å². The summed E-state index contributed by atoms with van der Waals surface area (Å²) in [6, 6.07) is 15.1. The maximum absolute atomic E-state index is 11.0. The van der Waals surface area contributed by atoms with Gasteiger partial charge >= 0.3 is 0 Å². The van der Waals surface area contributed by atoms with Crippen LogP contribution in [0, 0.1) is 6.92 Å². The zero-order chi connectivity index (χ0) is 25.2. The molecule has 0 saturated heterocycles. The van der Waals surface area contributed by atoms with Crippen LogP contribution in [0.3, 0.4) is 0 Å². The molecule has 11 heteroatoms. The molecule has 5 rings (SSSR count). The van der Waals surface area contributed by atoms with E-state index in [-0.39, 0.29) is 0 Å². The summed E-state index contributed by atoms with van der Waals surface area (Å²) in [5.74, 6) is 1.97. The van der Waals surface area contributed by atoms with Crippen molar-refractivity contribution in [1.29, 1.82) is 0 Å². The van der Waals surface area contributed by atoms with Gasteiger partial charge < -0.3 is 23.5 Å². The molecule has 0 spiro atoms. The first kappa shape index (κ1) is 23.4. The Morgan fingerprint density at radius 3 is 2.75 bits per heavy atom. The Balaban J connectivity index is 1.38. The summed E-state index contributed by atoms with van der Waals surface area (Å²) in [6.45, 7) is 1.97. The van der Waals surface area contributed by atoms with Gasteiger partial charge in [-0.05, 0) is 61.0 Å². The van der Waals surface area contributed by atoms with Crippen molar-refractivity contribution < 1.29 is 13.5 Å². The molecule has 1 unspecified atom stereocenters. The lowest BCUT2D eigenvalue weighted by Gasteiger charge is -2.15. The van der Waals surface area contributed by atoms with Crippen LogP contribution in [0.1, 0.15) is 11.3 Å². The van der Waals surface area contributed by atoms with Gasteiger partial charge in [0, 0.05) is 43.3 Å². The summed E-state index contributed by atoms with van der Waals surface area (Å²) in [5.41, 5.74) is 5.45. The van der Waals surface area contributed by atoms with Gasteiger partial charge in [-0.2, -0.15) is 0 Å². The molecule has 182 valence electrons. The van der Waals surface area contributed by atoms with E-state index in [0.717, 1.165) is 32.3 Å². The predicted molar refractivity (Wildman–Crippen MR) is 138 cm³/mol. The number of nitrogens with zero attached hydrogens (tertiary/aromatic N) is 6. The molecule has 3 aromatic heterocycles. The summed E-state index contributed by atoms with van der Waals surface area (Å²) < 4.78 is 31.1. The highest BCUT2D eigenvalue weighted by atomic mass is 32.2. The Morgan fingerprint density at radius 1 is 1.08 bits per heavy atom.